The molecule has 15 nitrogen and oxygen atoms in total. The van der Waals surface area contributed by atoms with E-state index in [1.807, 2.05) is 103 Å². The first kappa shape index (κ1) is 156. The fourth-order valence-corrected chi connectivity index (χ4v) is 8.95. The molecule has 0 spiro atoms. The first-order valence-corrected chi connectivity index (χ1v) is 54.3. The zero-order chi connectivity index (χ0) is 119. The summed E-state index contributed by atoms with van der Waals surface area (Å²) in [6.07, 6.45) is 30.8. The predicted octanol–water partition coefficient (Wildman–Crippen LogP) is 40.1. The maximum absolute atomic E-state index is 4.47. The van der Waals surface area contributed by atoms with Gasteiger partial charge >= 0.3 is 0 Å². The average Bonchev–Trinajstić information content (AvgIpc) is 1.68. The van der Waals surface area contributed by atoms with Gasteiger partial charge in [0.25, 0.3) is 0 Å². The van der Waals surface area contributed by atoms with Crippen LogP contribution in [0.25, 0.3) is 0 Å². The quantitative estimate of drug-likeness (QED) is 0.140. The molecular formula is C131H239N15S. The molecule has 0 aliphatic heterocycles. The Balaban J connectivity index is -0.000000197. The third kappa shape index (κ3) is 130. The van der Waals surface area contributed by atoms with Crippen molar-refractivity contribution in [1.82, 2.24) is 75.0 Å². The molecule has 10 aromatic rings. The number of hydrogen-bond acceptors (Lipinski definition) is 15. The van der Waals surface area contributed by atoms with Gasteiger partial charge in [0.2, 0.25) is 0 Å². The highest BCUT2D eigenvalue weighted by Gasteiger charge is 2.25. The summed E-state index contributed by atoms with van der Waals surface area (Å²) in [4.78, 5) is 38.0. The number of pyridine rings is 2. The van der Waals surface area contributed by atoms with Crippen LogP contribution in [0.1, 0.15) is 531 Å². The molecular weight excluding hydrogens is 1820 g/mol. The van der Waals surface area contributed by atoms with Gasteiger partial charge in [-0.1, -0.05) is 507 Å². The van der Waals surface area contributed by atoms with Gasteiger partial charge in [-0.05, 0) is 169 Å². The third-order valence-corrected chi connectivity index (χ3v) is 16.8. The van der Waals surface area contributed by atoms with Gasteiger partial charge in [0.1, 0.15) is 18.5 Å². The van der Waals surface area contributed by atoms with E-state index in [1.54, 1.807) is 56.0 Å². The third-order valence-electron chi connectivity index (χ3n) is 15.0. The fraction of sp³-hybridized carbons (Fsp3) is 0.679. The zero-order valence-electron chi connectivity index (χ0n) is 110. The minimum absolute atomic E-state index is 0.0707. The predicted molar refractivity (Wildman–Crippen MR) is 658 cm³/mol. The molecule has 0 atom stereocenters. The van der Waals surface area contributed by atoms with Crippen LogP contribution in [0.15, 0.2) is 191 Å². The van der Waals surface area contributed by atoms with Crippen LogP contribution < -0.4 is 0 Å². The molecule has 0 radical (unpaired) electrons. The summed E-state index contributed by atoms with van der Waals surface area (Å²) in [5.74, 6) is 1.73. The Labute approximate surface area is 918 Å². The lowest BCUT2D eigenvalue weighted by atomic mass is 9.87. The summed E-state index contributed by atoms with van der Waals surface area (Å²) < 4.78 is 1.83. The first-order valence-electron chi connectivity index (χ1n) is 53.5. The van der Waals surface area contributed by atoms with E-state index in [0.717, 1.165) is 23.1 Å². The molecule has 147 heavy (non-hydrogen) atoms. The molecule has 10 rings (SSSR count). The highest BCUT2D eigenvalue weighted by atomic mass is 32.1. The lowest BCUT2D eigenvalue weighted by Crippen LogP contribution is -2.14. The number of benzene rings is 1. The zero-order valence-corrected chi connectivity index (χ0v) is 110. The number of hydrogen-bond donors (Lipinski definition) is 0. The van der Waals surface area contributed by atoms with Crippen molar-refractivity contribution >= 4 is 11.3 Å². The maximum Gasteiger partial charge on any atom is 0.133 e. The Bertz CT molecular complexity index is 3860. The summed E-state index contributed by atoms with van der Waals surface area (Å²) in [5.41, 5.74) is 16.0. The minimum atomic E-state index is 0.0707. The largest absolute Gasteiger partial charge is 0.276 e. The van der Waals surface area contributed by atoms with Crippen LogP contribution in [0.4, 0.5) is 0 Å². The van der Waals surface area contributed by atoms with Gasteiger partial charge in [-0.2, -0.15) is 25.5 Å². The standard InChI is InChI=1S/C11H19NS.C10H14.2C9H13N.C8H14N2.5C8H12N2.8C5H12.C4H10/c1-10(2,3)8-7-12-9(13-8)11(4,5)6;1-10(2,3)9-7-5-4-6-8-9;1-9(2,3)8-4-6-10-7-5-8;1-9(2,3)8-5-4-6-10-7-8;1-8(2,3)7-5-9-10(4)6-7;1-8(2,3)7-4-9-6-10-5-7;1-8(2,3)7-4-5-9-6-10-7;1-8(2,3)7-4-5-9-10-6-7;1-8(2,3)7-9-5-4-6-10-7;1-8(2,3)7-5-4-6-9-10-7;8*1-5(2,3)4;1-4(2)3/h7H,1-6H3;4-8H,1-3H3;2*4-7H,1-3H3;5-6H,1-4H3;5*4-6H,1-3H3;8*1-4H3;4H,1-3H3. The van der Waals surface area contributed by atoms with E-state index in [1.165, 1.54) is 43.3 Å². The Morgan fingerprint density at radius 3 is 0.741 bits per heavy atom. The summed E-state index contributed by atoms with van der Waals surface area (Å²) >= 11 is 1.84. The SMILES string of the molecule is CC(C)(C)C.CC(C)(C)C.CC(C)(C)C.CC(C)(C)C.CC(C)(C)C.CC(C)(C)C.CC(C)(C)C.CC(C)(C)C.CC(C)(C)c1ccccc1.CC(C)(C)c1cccnc1.CC(C)(C)c1cccnn1.CC(C)(C)c1ccncc1.CC(C)(C)c1ccncn1.CC(C)(C)c1ccnnc1.CC(C)(C)c1cnc(C(C)(C)C)s1.CC(C)(C)c1cncnc1.CC(C)(C)c1ncccn1.CC(C)C.Cn1cc(C(C)(C)C)cn1. The van der Waals surface area contributed by atoms with E-state index in [-0.39, 0.29) is 54.1 Å². The van der Waals surface area contributed by atoms with Gasteiger partial charge in [-0.3, -0.25) is 14.6 Å². The number of thiazole rings is 1. The summed E-state index contributed by atoms with van der Waals surface area (Å²) in [6.45, 7) is 148. The first-order chi connectivity index (χ1) is 64.8. The van der Waals surface area contributed by atoms with Crippen LogP contribution in [0.2, 0.25) is 0 Å². The number of nitrogens with zero attached hydrogens (tertiary/aromatic N) is 15. The molecule has 0 amide bonds. The van der Waals surface area contributed by atoms with E-state index >= 15 is 0 Å². The molecule has 9 aromatic heterocycles. The molecule has 0 aliphatic carbocycles. The van der Waals surface area contributed by atoms with Crippen molar-refractivity contribution in [3.05, 3.63) is 251 Å². The molecule has 0 bridgehead atoms. The van der Waals surface area contributed by atoms with Crippen molar-refractivity contribution in [2.75, 3.05) is 0 Å². The van der Waals surface area contributed by atoms with E-state index < -0.39 is 0 Å². The van der Waals surface area contributed by atoms with Crippen LogP contribution in [0, 0.1) is 49.2 Å². The summed E-state index contributed by atoms with van der Waals surface area (Å²) in [7, 11) is 1.94. The second-order valence-corrected chi connectivity index (χ2v) is 63.3. The lowest BCUT2D eigenvalue weighted by Gasteiger charge is -2.18. The normalized spacial score (nSPS) is 11.8. The second-order valence-electron chi connectivity index (χ2n) is 62.3. The van der Waals surface area contributed by atoms with Crippen molar-refractivity contribution in [2.24, 2.45) is 56.3 Å². The van der Waals surface area contributed by atoms with Crippen molar-refractivity contribution in [2.45, 2.75) is 530 Å². The molecule has 0 aliphatic rings. The average molecular weight is 2060 g/mol. The van der Waals surface area contributed by atoms with Crippen LogP contribution >= 0.6 is 11.3 Å². The van der Waals surface area contributed by atoms with E-state index in [9.17, 15) is 0 Å². The Kier molecular flexibility index (Phi) is 75.3. The minimum Gasteiger partial charge on any atom is -0.276 e. The molecule has 0 fully saturated rings. The van der Waals surface area contributed by atoms with E-state index in [2.05, 4.69) is 596 Å². The van der Waals surface area contributed by atoms with Crippen molar-refractivity contribution in [1.29, 1.82) is 0 Å². The van der Waals surface area contributed by atoms with Crippen molar-refractivity contribution in [3.8, 4) is 0 Å². The van der Waals surface area contributed by atoms with Crippen LogP contribution in [0.5, 0.6) is 0 Å². The Morgan fingerprint density at radius 1 is 0.218 bits per heavy atom. The van der Waals surface area contributed by atoms with E-state index in [4.69, 9.17) is 0 Å². The molecule has 0 N–H and O–H groups in total. The molecule has 0 saturated carbocycles. The Morgan fingerprint density at radius 2 is 0.544 bits per heavy atom. The molecule has 0 unspecified atom stereocenters. The topological polar surface area (TPSA) is 185 Å². The number of aryl methyl sites for hydroxylation is 1. The van der Waals surface area contributed by atoms with Gasteiger partial charge in [0.15, 0.2) is 0 Å². The monoisotopic (exact) mass is 2050 g/mol. The highest BCUT2D eigenvalue weighted by Crippen LogP contribution is 2.34. The smallest absolute Gasteiger partial charge is 0.133 e. The van der Waals surface area contributed by atoms with Gasteiger partial charge in [0, 0.05) is 120 Å². The van der Waals surface area contributed by atoms with Gasteiger partial charge < -0.3 is 0 Å². The van der Waals surface area contributed by atoms with Crippen molar-refractivity contribution in [3.63, 3.8) is 0 Å². The summed E-state index contributed by atoms with van der Waals surface area (Å²) in [6, 6.07) is 28.4. The van der Waals surface area contributed by atoms with E-state index in [0.29, 0.717) is 48.7 Å². The van der Waals surface area contributed by atoms with Crippen LogP contribution in [-0.4, -0.2) is 75.0 Å². The van der Waals surface area contributed by atoms with Crippen LogP contribution in [0.3, 0.4) is 0 Å². The lowest BCUT2D eigenvalue weighted by molar-refractivity contribution is 0.469. The maximum atomic E-state index is 4.47. The van der Waals surface area contributed by atoms with Gasteiger partial charge in [0.05, 0.1) is 23.1 Å². The number of rotatable bonds is 0. The molecule has 1 aromatic carbocycles. The van der Waals surface area contributed by atoms with Gasteiger partial charge in [-0.15, -0.1) is 11.3 Å². The number of aromatic nitrogens is 15. The fourth-order valence-electron chi connectivity index (χ4n) is 7.92. The van der Waals surface area contributed by atoms with Crippen molar-refractivity contribution < 1.29 is 0 Å². The second kappa shape index (κ2) is 70.8. The molecule has 16 heteroatoms. The van der Waals surface area contributed by atoms with Crippen LogP contribution in [-0.2, 0) is 66.6 Å². The molecule has 844 valence electrons. The van der Waals surface area contributed by atoms with Gasteiger partial charge in [-0.25, -0.2) is 34.9 Å². The highest BCUT2D eigenvalue weighted by molar-refractivity contribution is 7.11. The summed E-state index contributed by atoms with van der Waals surface area (Å²) in [5, 5.41) is 20.6. The Hall–Kier alpha value is -8.24. The molecule has 0 saturated heterocycles. The molecule has 9 heterocycles.